The van der Waals surface area contributed by atoms with Gasteiger partial charge in [0.05, 0.1) is 17.5 Å². The van der Waals surface area contributed by atoms with E-state index >= 15 is 0 Å². The first-order chi connectivity index (χ1) is 14.0. The monoisotopic (exact) mass is 438 g/mol. The summed E-state index contributed by atoms with van der Waals surface area (Å²) in [5.41, 5.74) is 0.686. The summed E-state index contributed by atoms with van der Waals surface area (Å²) >= 11 is 0. The Labute approximate surface area is 177 Å². The molecule has 1 aliphatic rings. The van der Waals surface area contributed by atoms with E-state index in [0.29, 0.717) is 44.2 Å². The van der Waals surface area contributed by atoms with Crippen LogP contribution in [0.3, 0.4) is 0 Å². The van der Waals surface area contributed by atoms with Gasteiger partial charge in [0.25, 0.3) is 5.91 Å². The lowest BCUT2D eigenvalue weighted by Gasteiger charge is -2.35. The van der Waals surface area contributed by atoms with Gasteiger partial charge in [-0.1, -0.05) is 13.8 Å². The van der Waals surface area contributed by atoms with Gasteiger partial charge in [0.15, 0.2) is 0 Å². The quantitative estimate of drug-likeness (QED) is 0.673. The van der Waals surface area contributed by atoms with Crippen molar-refractivity contribution >= 4 is 39.1 Å². The highest BCUT2D eigenvalue weighted by Crippen LogP contribution is 2.24. The Balaban J connectivity index is 2.15. The van der Waals surface area contributed by atoms with Crippen molar-refractivity contribution in [2.75, 3.05) is 42.5 Å². The summed E-state index contributed by atoms with van der Waals surface area (Å²) in [5.74, 6) is -0.121. The second-order valence-corrected chi connectivity index (χ2v) is 9.67. The smallest absolute Gasteiger partial charge is 0.256 e. The average molecular weight is 439 g/mol. The van der Waals surface area contributed by atoms with E-state index in [0.717, 1.165) is 12.7 Å². The van der Waals surface area contributed by atoms with Crippen LogP contribution in [0.5, 0.6) is 0 Å². The zero-order valence-electron chi connectivity index (χ0n) is 17.9. The first kappa shape index (κ1) is 23.7. The van der Waals surface area contributed by atoms with Crippen LogP contribution >= 0.6 is 0 Å². The van der Waals surface area contributed by atoms with Crippen molar-refractivity contribution in [3.8, 4) is 0 Å². The number of carbonyl (C=O) groups is 3. The fourth-order valence-electron chi connectivity index (χ4n) is 3.19. The molecular weight excluding hydrogens is 408 g/mol. The maximum atomic E-state index is 13.1. The Morgan fingerprint density at radius 3 is 2.20 bits per heavy atom. The summed E-state index contributed by atoms with van der Waals surface area (Å²) in [7, 11) is -3.59. The lowest BCUT2D eigenvalue weighted by Crippen LogP contribution is -2.50. The van der Waals surface area contributed by atoms with Gasteiger partial charge in [-0.3, -0.25) is 19.1 Å². The molecule has 1 saturated heterocycles. The molecule has 0 atom stereocenters. The zero-order chi connectivity index (χ0) is 22.5. The summed E-state index contributed by atoms with van der Waals surface area (Å²) in [6.45, 7) is 7.07. The van der Waals surface area contributed by atoms with Crippen LogP contribution in [-0.2, 0) is 19.6 Å². The fraction of sp³-hybridized carbons (Fsp3) is 0.550. The third-order valence-electron chi connectivity index (χ3n) is 4.72. The fourth-order valence-corrected chi connectivity index (χ4v) is 3.77. The van der Waals surface area contributed by atoms with Crippen LogP contribution < -0.4 is 10.0 Å². The lowest BCUT2D eigenvalue weighted by molar-refractivity contribution is -0.133. The highest BCUT2D eigenvalue weighted by Gasteiger charge is 2.27. The molecule has 10 heteroatoms. The molecule has 2 rings (SSSR count). The molecule has 9 nitrogen and oxygen atoms in total. The maximum Gasteiger partial charge on any atom is 0.256 e. The topological polar surface area (TPSA) is 116 Å². The van der Waals surface area contributed by atoms with E-state index in [1.165, 1.54) is 25.1 Å². The average Bonchev–Trinajstić information content (AvgIpc) is 2.65. The van der Waals surface area contributed by atoms with Crippen LogP contribution in [0.4, 0.5) is 11.4 Å². The normalized spacial score (nSPS) is 14.6. The molecule has 1 aliphatic heterocycles. The molecule has 0 aromatic heterocycles. The first-order valence-electron chi connectivity index (χ1n) is 9.92. The Hall–Kier alpha value is -2.62. The SMILES string of the molecule is CC(=O)Nc1ccc(NS(C)(=O)=O)c(C(=O)N2CCN(C(=O)CCC(C)C)CC2)c1. The third-order valence-corrected chi connectivity index (χ3v) is 5.31. The molecular formula is C20H30N4O5S. The van der Waals surface area contributed by atoms with Crippen molar-refractivity contribution in [3.05, 3.63) is 23.8 Å². The zero-order valence-corrected chi connectivity index (χ0v) is 18.7. The minimum Gasteiger partial charge on any atom is -0.339 e. The number of benzene rings is 1. The van der Waals surface area contributed by atoms with Gasteiger partial charge in [0.1, 0.15) is 0 Å². The van der Waals surface area contributed by atoms with Crippen molar-refractivity contribution < 1.29 is 22.8 Å². The molecule has 0 radical (unpaired) electrons. The van der Waals surface area contributed by atoms with E-state index in [2.05, 4.69) is 23.9 Å². The third kappa shape index (κ3) is 7.01. The van der Waals surface area contributed by atoms with Gasteiger partial charge >= 0.3 is 0 Å². The number of nitrogens with zero attached hydrogens (tertiary/aromatic N) is 2. The second-order valence-electron chi connectivity index (χ2n) is 7.92. The van der Waals surface area contributed by atoms with Gasteiger partial charge in [-0.05, 0) is 30.5 Å². The number of nitrogens with one attached hydrogen (secondary N) is 2. The van der Waals surface area contributed by atoms with E-state index < -0.39 is 10.0 Å². The standard InChI is InChI=1S/C20H30N4O5S/c1-14(2)5-8-19(26)23-9-11-24(12-10-23)20(27)17-13-16(21-15(3)25)6-7-18(17)22-30(4,28)29/h6-7,13-14,22H,5,8-12H2,1-4H3,(H,21,25). The van der Waals surface area contributed by atoms with Crippen LogP contribution in [0.1, 0.15) is 44.0 Å². The molecule has 1 fully saturated rings. The highest BCUT2D eigenvalue weighted by atomic mass is 32.2. The molecule has 30 heavy (non-hydrogen) atoms. The minimum absolute atomic E-state index is 0.0860. The number of hydrogen-bond donors (Lipinski definition) is 2. The van der Waals surface area contributed by atoms with Crippen LogP contribution in [0.25, 0.3) is 0 Å². The molecule has 0 unspecified atom stereocenters. The van der Waals surface area contributed by atoms with E-state index in [1.807, 2.05) is 0 Å². The lowest BCUT2D eigenvalue weighted by atomic mass is 10.1. The van der Waals surface area contributed by atoms with Gasteiger partial charge < -0.3 is 15.1 Å². The van der Waals surface area contributed by atoms with Crippen LogP contribution in [-0.4, -0.2) is 68.4 Å². The second kappa shape index (κ2) is 9.92. The van der Waals surface area contributed by atoms with Crippen LogP contribution in [0.2, 0.25) is 0 Å². The van der Waals surface area contributed by atoms with Gasteiger partial charge in [0.2, 0.25) is 21.8 Å². The summed E-state index contributed by atoms with van der Waals surface area (Å²) in [6.07, 6.45) is 2.33. The van der Waals surface area contributed by atoms with Crippen molar-refractivity contribution in [1.29, 1.82) is 0 Å². The molecule has 0 saturated carbocycles. The van der Waals surface area contributed by atoms with Gasteiger partial charge in [-0.2, -0.15) is 0 Å². The number of rotatable bonds is 7. The molecule has 1 aromatic rings. The van der Waals surface area contributed by atoms with Crippen molar-refractivity contribution in [3.63, 3.8) is 0 Å². The minimum atomic E-state index is -3.59. The molecule has 1 heterocycles. The Morgan fingerprint density at radius 2 is 1.67 bits per heavy atom. The molecule has 1 aromatic carbocycles. The van der Waals surface area contributed by atoms with Gasteiger partial charge in [0, 0.05) is 45.2 Å². The number of amides is 3. The van der Waals surface area contributed by atoms with Gasteiger partial charge in [-0.15, -0.1) is 0 Å². The Morgan fingerprint density at radius 1 is 1.07 bits per heavy atom. The highest BCUT2D eigenvalue weighted by molar-refractivity contribution is 7.92. The summed E-state index contributed by atoms with van der Waals surface area (Å²) in [4.78, 5) is 40.1. The molecule has 0 spiro atoms. The van der Waals surface area contributed by atoms with E-state index in [4.69, 9.17) is 0 Å². The molecule has 0 bridgehead atoms. The predicted octanol–water partition coefficient (Wildman–Crippen LogP) is 1.74. The van der Waals surface area contributed by atoms with Crippen LogP contribution in [0, 0.1) is 5.92 Å². The number of carbonyl (C=O) groups excluding carboxylic acids is 3. The van der Waals surface area contributed by atoms with Crippen LogP contribution in [0.15, 0.2) is 18.2 Å². The largest absolute Gasteiger partial charge is 0.339 e. The predicted molar refractivity (Wildman–Crippen MR) is 116 cm³/mol. The first-order valence-corrected chi connectivity index (χ1v) is 11.8. The summed E-state index contributed by atoms with van der Waals surface area (Å²) < 4.78 is 25.7. The summed E-state index contributed by atoms with van der Waals surface area (Å²) in [5, 5.41) is 2.60. The Kier molecular flexibility index (Phi) is 7.83. The van der Waals surface area contributed by atoms with Crippen molar-refractivity contribution in [1.82, 2.24) is 9.80 Å². The number of sulfonamides is 1. The maximum absolute atomic E-state index is 13.1. The molecule has 2 N–H and O–H groups in total. The molecule has 0 aliphatic carbocycles. The van der Waals surface area contributed by atoms with E-state index in [1.54, 1.807) is 9.80 Å². The van der Waals surface area contributed by atoms with E-state index in [-0.39, 0.29) is 29.0 Å². The summed E-state index contributed by atoms with van der Waals surface area (Å²) in [6, 6.07) is 4.43. The molecule has 3 amide bonds. The number of anilines is 2. The van der Waals surface area contributed by atoms with Gasteiger partial charge in [-0.25, -0.2) is 8.42 Å². The number of piperazine rings is 1. The number of hydrogen-bond acceptors (Lipinski definition) is 5. The van der Waals surface area contributed by atoms with Crippen molar-refractivity contribution in [2.45, 2.75) is 33.6 Å². The Bertz CT molecular complexity index is 906. The van der Waals surface area contributed by atoms with E-state index in [9.17, 15) is 22.8 Å². The molecule has 166 valence electrons. The van der Waals surface area contributed by atoms with Crippen molar-refractivity contribution in [2.24, 2.45) is 5.92 Å².